The lowest BCUT2D eigenvalue weighted by molar-refractivity contribution is 0.297. The molecule has 20 heavy (non-hydrogen) atoms. The molecular weight excluding hydrogens is 254 g/mol. The van der Waals surface area contributed by atoms with Gasteiger partial charge in [-0.2, -0.15) is 0 Å². The molecule has 1 aromatic heterocycles. The Balaban J connectivity index is 1.90. The number of benzene rings is 1. The molecule has 5 nitrogen and oxygen atoms in total. The first-order valence-corrected chi connectivity index (χ1v) is 6.68. The van der Waals surface area contributed by atoms with E-state index < -0.39 is 0 Å². The molecule has 5 heteroatoms. The second-order valence-corrected chi connectivity index (χ2v) is 4.85. The molecule has 0 bridgehead atoms. The molecule has 1 aliphatic rings. The van der Waals surface area contributed by atoms with E-state index in [0.29, 0.717) is 19.0 Å². The number of hydrogen-bond donors (Lipinski definition) is 1. The third-order valence-corrected chi connectivity index (χ3v) is 3.21. The quantitative estimate of drug-likeness (QED) is 0.904. The Hall–Kier alpha value is -2.14. The average molecular weight is 271 g/mol. The van der Waals surface area contributed by atoms with Crippen molar-refractivity contribution < 1.29 is 9.47 Å². The molecule has 2 heterocycles. The zero-order valence-electron chi connectivity index (χ0n) is 11.4. The summed E-state index contributed by atoms with van der Waals surface area (Å²) in [6.07, 6.45) is 4.42. The van der Waals surface area contributed by atoms with Crippen molar-refractivity contribution in [2.45, 2.75) is 19.4 Å². The summed E-state index contributed by atoms with van der Waals surface area (Å²) < 4.78 is 11.3. The molecule has 0 saturated heterocycles. The van der Waals surface area contributed by atoms with Crippen LogP contribution in [0.15, 0.2) is 30.6 Å². The van der Waals surface area contributed by atoms with E-state index in [4.69, 9.17) is 15.2 Å². The van der Waals surface area contributed by atoms with Gasteiger partial charge in [-0.15, -0.1) is 0 Å². The van der Waals surface area contributed by atoms with E-state index in [1.807, 2.05) is 25.1 Å². The van der Waals surface area contributed by atoms with E-state index in [1.54, 1.807) is 12.4 Å². The van der Waals surface area contributed by atoms with Crippen molar-refractivity contribution >= 4 is 0 Å². The summed E-state index contributed by atoms with van der Waals surface area (Å²) in [4.78, 5) is 8.55. The molecule has 1 aromatic carbocycles. The van der Waals surface area contributed by atoms with Gasteiger partial charge < -0.3 is 15.2 Å². The molecule has 104 valence electrons. The Kier molecular flexibility index (Phi) is 3.52. The zero-order chi connectivity index (χ0) is 13.9. The highest BCUT2D eigenvalue weighted by atomic mass is 16.5. The summed E-state index contributed by atoms with van der Waals surface area (Å²) in [5.74, 6) is 2.11. The van der Waals surface area contributed by atoms with E-state index in [2.05, 4.69) is 9.97 Å². The molecule has 0 amide bonds. The number of aryl methyl sites for hydroxylation is 1. The maximum Gasteiger partial charge on any atom is 0.161 e. The molecular formula is C15H17N3O2. The lowest BCUT2D eigenvalue weighted by Crippen LogP contribution is -2.15. The Morgan fingerprint density at radius 2 is 1.80 bits per heavy atom. The third kappa shape index (κ3) is 2.58. The normalized spacial score (nSPS) is 15.5. The summed E-state index contributed by atoms with van der Waals surface area (Å²) in [5, 5.41) is 0. The van der Waals surface area contributed by atoms with Crippen LogP contribution in [0.2, 0.25) is 0 Å². The van der Waals surface area contributed by atoms with Gasteiger partial charge in [0.15, 0.2) is 11.5 Å². The highest BCUT2D eigenvalue weighted by Crippen LogP contribution is 2.32. The summed E-state index contributed by atoms with van der Waals surface area (Å²) in [6.45, 7) is 3.29. The van der Waals surface area contributed by atoms with Crippen LogP contribution < -0.4 is 15.2 Å². The number of fused-ring (bicyclic) bond motifs is 1. The standard InChI is InChI=1S/C15H17N3O2/c1-10-8-17-15(18-9-10)14(16)11-3-4-12-13(7-11)20-6-2-5-19-12/h3-4,7-9,14H,2,5-6,16H2,1H3. The van der Waals surface area contributed by atoms with E-state index >= 15 is 0 Å². The number of ether oxygens (including phenoxy) is 2. The van der Waals surface area contributed by atoms with Gasteiger partial charge in [-0.25, -0.2) is 9.97 Å². The van der Waals surface area contributed by atoms with Gasteiger partial charge >= 0.3 is 0 Å². The highest BCUT2D eigenvalue weighted by Gasteiger charge is 2.16. The van der Waals surface area contributed by atoms with Crippen LogP contribution in [0.25, 0.3) is 0 Å². The number of nitrogens with two attached hydrogens (primary N) is 1. The molecule has 2 N–H and O–H groups in total. The predicted molar refractivity (Wildman–Crippen MR) is 74.8 cm³/mol. The van der Waals surface area contributed by atoms with Gasteiger partial charge in [0.25, 0.3) is 0 Å². The van der Waals surface area contributed by atoms with E-state index in [1.165, 1.54) is 0 Å². The van der Waals surface area contributed by atoms with Gasteiger partial charge in [0.05, 0.1) is 19.3 Å². The summed E-state index contributed by atoms with van der Waals surface area (Å²) in [6, 6.07) is 5.37. The van der Waals surface area contributed by atoms with E-state index in [0.717, 1.165) is 29.0 Å². The predicted octanol–water partition coefficient (Wildman–Crippen LogP) is 1.99. The lowest BCUT2D eigenvalue weighted by Gasteiger charge is -2.14. The second kappa shape index (κ2) is 5.46. The number of aromatic nitrogens is 2. The smallest absolute Gasteiger partial charge is 0.161 e. The minimum Gasteiger partial charge on any atom is -0.490 e. The Labute approximate surface area is 117 Å². The molecule has 0 radical (unpaired) electrons. The van der Waals surface area contributed by atoms with Crippen molar-refractivity contribution in [1.29, 1.82) is 0 Å². The molecule has 0 saturated carbocycles. The van der Waals surface area contributed by atoms with Crippen molar-refractivity contribution in [3.05, 3.63) is 47.5 Å². The Morgan fingerprint density at radius 3 is 2.55 bits per heavy atom. The number of rotatable bonds is 2. The summed E-state index contributed by atoms with van der Waals surface area (Å²) in [7, 11) is 0. The fourth-order valence-electron chi connectivity index (χ4n) is 2.09. The first kappa shape index (κ1) is 12.9. The van der Waals surface area contributed by atoms with Gasteiger partial charge in [0, 0.05) is 18.8 Å². The van der Waals surface area contributed by atoms with Crippen LogP contribution in [0.4, 0.5) is 0 Å². The second-order valence-electron chi connectivity index (χ2n) is 4.85. The zero-order valence-corrected chi connectivity index (χ0v) is 11.4. The van der Waals surface area contributed by atoms with E-state index in [9.17, 15) is 0 Å². The van der Waals surface area contributed by atoms with Crippen molar-refractivity contribution in [3.8, 4) is 11.5 Å². The molecule has 1 unspecified atom stereocenters. The first-order valence-electron chi connectivity index (χ1n) is 6.68. The number of nitrogens with zero attached hydrogens (tertiary/aromatic N) is 2. The first-order chi connectivity index (χ1) is 9.74. The Bertz CT molecular complexity index is 599. The monoisotopic (exact) mass is 271 g/mol. The molecule has 1 atom stereocenters. The Morgan fingerprint density at radius 1 is 1.10 bits per heavy atom. The molecule has 0 aliphatic carbocycles. The van der Waals surface area contributed by atoms with Gasteiger partial charge in [0.1, 0.15) is 5.82 Å². The maximum atomic E-state index is 6.22. The van der Waals surface area contributed by atoms with Crippen LogP contribution in [0.5, 0.6) is 11.5 Å². The summed E-state index contributed by atoms with van der Waals surface area (Å²) >= 11 is 0. The van der Waals surface area contributed by atoms with Crippen LogP contribution in [-0.2, 0) is 0 Å². The molecule has 1 aliphatic heterocycles. The van der Waals surface area contributed by atoms with Crippen molar-refractivity contribution in [2.24, 2.45) is 5.73 Å². The third-order valence-electron chi connectivity index (χ3n) is 3.21. The summed E-state index contributed by atoms with van der Waals surface area (Å²) in [5.41, 5.74) is 8.15. The molecule has 2 aromatic rings. The van der Waals surface area contributed by atoms with Crippen molar-refractivity contribution in [1.82, 2.24) is 9.97 Å². The fourth-order valence-corrected chi connectivity index (χ4v) is 2.09. The van der Waals surface area contributed by atoms with Crippen LogP contribution in [-0.4, -0.2) is 23.2 Å². The minimum absolute atomic E-state index is 0.368. The average Bonchev–Trinajstić information content (AvgIpc) is 2.71. The molecule has 3 rings (SSSR count). The highest BCUT2D eigenvalue weighted by molar-refractivity contribution is 5.45. The largest absolute Gasteiger partial charge is 0.490 e. The van der Waals surface area contributed by atoms with Crippen LogP contribution in [0, 0.1) is 6.92 Å². The SMILES string of the molecule is Cc1cnc(C(N)c2ccc3c(c2)OCCCO3)nc1. The van der Waals surface area contributed by atoms with Gasteiger partial charge in [-0.05, 0) is 30.2 Å². The molecule has 0 fully saturated rings. The van der Waals surface area contributed by atoms with Gasteiger partial charge in [0.2, 0.25) is 0 Å². The van der Waals surface area contributed by atoms with Crippen LogP contribution >= 0.6 is 0 Å². The topological polar surface area (TPSA) is 70.3 Å². The molecule has 0 spiro atoms. The lowest BCUT2D eigenvalue weighted by atomic mass is 10.1. The van der Waals surface area contributed by atoms with Crippen LogP contribution in [0.1, 0.15) is 29.4 Å². The van der Waals surface area contributed by atoms with Crippen molar-refractivity contribution in [2.75, 3.05) is 13.2 Å². The minimum atomic E-state index is -0.368. The van der Waals surface area contributed by atoms with E-state index in [-0.39, 0.29) is 6.04 Å². The van der Waals surface area contributed by atoms with Crippen LogP contribution in [0.3, 0.4) is 0 Å². The number of hydrogen-bond acceptors (Lipinski definition) is 5. The van der Waals surface area contributed by atoms with Gasteiger partial charge in [-0.1, -0.05) is 6.07 Å². The fraction of sp³-hybridized carbons (Fsp3) is 0.333. The van der Waals surface area contributed by atoms with Gasteiger partial charge in [-0.3, -0.25) is 0 Å². The van der Waals surface area contributed by atoms with Crippen molar-refractivity contribution in [3.63, 3.8) is 0 Å². The maximum absolute atomic E-state index is 6.22.